The maximum atomic E-state index is 11.6. The second-order valence-corrected chi connectivity index (χ2v) is 5.28. The lowest BCUT2D eigenvalue weighted by atomic mass is 9.85. The molecule has 1 aliphatic rings. The minimum absolute atomic E-state index is 0.187. The molecule has 2 atom stereocenters. The van der Waals surface area contributed by atoms with Crippen LogP contribution in [0.4, 0.5) is 0 Å². The fraction of sp³-hybridized carbons (Fsp3) is 0.917. The highest BCUT2D eigenvalue weighted by Gasteiger charge is 2.25. The lowest BCUT2D eigenvalue weighted by Crippen LogP contribution is -2.43. The third kappa shape index (κ3) is 4.42. The maximum absolute atomic E-state index is 11.6. The zero-order chi connectivity index (χ0) is 11.3. The van der Waals surface area contributed by atoms with Gasteiger partial charge in [0.2, 0.25) is 5.91 Å². The predicted octanol–water partition coefficient (Wildman–Crippen LogP) is 2.95. The third-order valence-electron chi connectivity index (χ3n) is 3.05. The van der Waals surface area contributed by atoms with Gasteiger partial charge in [0.25, 0.3) is 0 Å². The van der Waals surface area contributed by atoms with Crippen LogP contribution in [0.3, 0.4) is 0 Å². The van der Waals surface area contributed by atoms with Crippen molar-refractivity contribution in [2.75, 3.05) is 5.88 Å². The van der Waals surface area contributed by atoms with E-state index in [2.05, 4.69) is 19.2 Å². The molecular weight excluding hydrogens is 210 g/mol. The van der Waals surface area contributed by atoms with Gasteiger partial charge in [0.05, 0.1) is 0 Å². The molecule has 15 heavy (non-hydrogen) atoms. The molecule has 0 heterocycles. The Balaban J connectivity index is 2.37. The van der Waals surface area contributed by atoms with Gasteiger partial charge in [-0.3, -0.25) is 4.79 Å². The number of rotatable bonds is 4. The number of alkyl halides is 1. The second-order valence-electron chi connectivity index (χ2n) is 4.97. The van der Waals surface area contributed by atoms with Gasteiger partial charge in [-0.1, -0.05) is 26.7 Å². The van der Waals surface area contributed by atoms with Crippen LogP contribution in [0.25, 0.3) is 0 Å². The Hall–Kier alpha value is -0.240. The number of amides is 1. The standard InChI is InChI=1S/C12H22ClNO/c1-9(2)7-12(15)14-11-6-4-3-5-10(11)8-13/h9-11H,3-8H2,1-2H3,(H,14,15). The molecule has 1 aliphatic carbocycles. The molecule has 1 rings (SSSR count). The first-order valence-electron chi connectivity index (χ1n) is 5.98. The lowest BCUT2D eigenvalue weighted by Gasteiger charge is -2.31. The van der Waals surface area contributed by atoms with Crippen LogP contribution < -0.4 is 5.32 Å². The molecule has 0 aromatic rings. The summed E-state index contributed by atoms with van der Waals surface area (Å²) in [5, 5.41) is 3.13. The molecule has 2 unspecified atom stereocenters. The molecule has 0 bridgehead atoms. The summed E-state index contributed by atoms with van der Waals surface area (Å²) in [6.07, 6.45) is 5.37. The van der Waals surface area contributed by atoms with Crippen LogP contribution in [0, 0.1) is 11.8 Å². The van der Waals surface area contributed by atoms with E-state index in [1.807, 2.05) is 0 Å². The highest BCUT2D eigenvalue weighted by atomic mass is 35.5. The molecule has 1 fully saturated rings. The molecule has 0 spiro atoms. The Morgan fingerprint density at radius 2 is 2.07 bits per heavy atom. The fourth-order valence-corrected chi connectivity index (χ4v) is 2.59. The Bertz CT molecular complexity index is 206. The predicted molar refractivity (Wildman–Crippen MR) is 64.1 cm³/mol. The normalized spacial score (nSPS) is 26.7. The Morgan fingerprint density at radius 1 is 1.40 bits per heavy atom. The molecule has 0 aliphatic heterocycles. The Kier molecular flexibility index (Phi) is 5.44. The van der Waals surface area contributed by atoms with Crippen molar-refractivity contribution in [1.29, 1.82) is 0 Å². The van der Waals surface area contributed by atoms with Crippen LogP contribution >= 0.6 is 11.6 Å². The van der Waals surface area contributed by atoms with Crippen molar-refractivity contribution in [2.45, 2.75) is 52.0 Å². The van der Waals surface area contributed by atoms with Crippen molar-refractivity contribution >= 4 is 17.5 Å². The summed E-state index contributed by atoms with van der Waals surface area (Å²) in [7, 11) is 0. The summed E-state index contributed by atoms with van der Waals surface area (Å²) in [5.74, 6) is 1.78. The van der Waals surface area contributed by atoms with Crippen LogP contribution in [0.5, 0.6) is 0 Å². The maximum Gasteiger partial charge on any atom is 0.220 e. The summed E-state index contributed by atoms with van der Waals surface area (Å²) in [6, 6.07) is 0.322. The first-order chi connectivity index (χ1) is 7.13. The number of hydrogen-bond donors (Lipinski definition) is 1. The van der Waals surface area contributed by atoms with Crippen molar-refractivity contribution in [1.82, 2.24) is 5.32 Å². The van der Waals surface area contributed by atoms with Gasteiger partial charge in [0, 0.05) is 18.3 Å². The van der Waals surface area contributed by atoms with E-state index in [0.29, 0.717) is 30.2 Å². The number of carbonyl (C=O) groups is 1. The highest BCUT2D eigenvalue weighted by molar-refractivity contribution is 6.18. The average Bonchev–Trinajstić information content (AvgIpc) is 2.17. The molecule has 3 heteroatoms. The van der Waals surface area contributed by atoms with Crippen LogP contribution in [-0.4, -0.2) is 17.8 Å². The van der Waals surface area contributed by atoms with E-state index in [0.717, 1.165) is 12.8 Å². The fourth-order valence-electron chi connectivity index (χ4n) is 2.22. The van der Waals surface area contributed by atoms with Crippen molar-refractivity contribution in [3.8, 4) is 0 Å². The largest absolute Gasteiger partial charge is 0.353 e. The molecule has 1 N–H and O–H groups in total. The van der Waals surface area contributed by atoms with Gasteiger partial charge in [-0.25, -0.2) is 0 Å². The minimum Gasteiger partial charge on any atom is -0.353 e. The Labute approximate surface area is 97.8 Å². The van der Waals surface area contributed by atoms with E-state index in [1.165, 1.54) is 12.8 Å². The summed E-state index contributed by atoms with van der Waals surface area (Å²) in [4.78, 5) is 11.6. The second kappa shape index (κ2) is 6.37. The van der Waals surface area contributed by atoms with E-state index in [-0.39, 0.29) is 5.91 Å². The number of nitrogens with one attached hydrogen (secondary N) is 1. The monoisotopic (exact) mass is 231 g/mol. The average molecular weight is 232 g/mol. The molecule has 0 aromatic carbocycles. The number of hydrogen-bond acceptors (Lipinski definition) is 1. The third-order valence-corrected chi connectivity index (χ3v) is 3.44. The molecule has 0 saturated heterocycles. The summed E-state index contributed by atoms with van der Waals surface area (Å²) in [5.41, 5.74) is 0. The summed E-state index contributed by atoms with van der Waals surface area (Å²) in [6.45, 7) is 4.14. The van der Waals surface area contributed by atoms with Gasteiger partial charge in [-0.05, 0) is 24.7 Å². The quantitative estimate of drug-likeness (QED) is 0.741. The van der Waals surface area contributed by atoms with E-state index < -0.39 is 0 Å². The van der Waals surface area contributed by atoms with Gasteiger partial charge < -0.3 is 5.32 Å². The SMILES string of the molecule is CC(C)CC(=O)NC1CCCCC1CCl. The first kappa shape index (κ1) is 12.8. The van der Waals surface area contributed by atoms with Crippen LogP contribution in [0.15, 0.2) is 0 Å². The Morgan fingerprint density at radius 3 is 2.67 bits per heavy atom. The minimum atomic E-state index is 0.187. The van der Waals surface area contributed by atoms with E-state index in [1.54, 1.807) is 0 Å². The topological polar surface area (TPSA) is 29.1 Å². The summed E-state index contributed by atoms with van der Waals surface area (Å²) >= 11 is 5.91. The van der Waals surface area contributed by atoms with Gasteiger partial charge in [-0.2, -0.15) is 0 Å². The number of carbonyl (C=O) groups excluding carboxylic acids is 1. The molecule has 0 radical (unpaired) electrons. The van der Waals surface area contributed by atoms with E-state index >= 15 is 0 Å². The van der Waals surface area contributed by atoms with Crippen molar-refractivity contribution in [3.63, 3.8) is 0 Å². The van der Waals surface area contributed by atoms with E-state index in [4.69, 9.17) is 11.6 Å². The highest BCUT2D eigenvalue weighted by Crippen LogP contribution is 2.25. The van der Waals surface area contributed by atoms with Crippen LogP contribution in [0.2, 0.25) is 0 Å². The smallest absolute Gasteiger partial charge is 0.220 e. The lowest BCUT2D eigenvalue weighted by molar-refractivity contribution is -0.123. The zero-order valence-corrected chi connectivity index (χ0v) is 10.5. The van der Waals surface area contributed by atoms with Crippen LogP contribution in [0.1, 0.15) is 46.0 Å². The molecule has 1 saturated carbocycles. The molecule has 2 nitrogen and oxygen atoms in total. The van der Waals surface area contributed by atoms with Gasteiger partial charge in [-0.15, -0.1) is 11.6 Å². The van der Waals surface area contributed by atoms with Crippen LogP contribution in [-0.2, 0) is 4.79 Å². The van der Waals surface area contributed by atoms with Crippen molar-refractivity contribution in [2.24, 2.45) is 11.8 Å². The first-order valence-corrected chi connectivity index (χ1v) is 6.52. The number of halogens is 1. The molecule has 1 amide bonds. The van der Waals surface area contributed by atoms with Crippen molar-refractivity contribution < 1.29 is 4.79 Å². The zero-order valence-electron chi connectivity index (χ0n) is 9.76. The molecular formula is C12H22ClNO. The summed E-state index contributed by atoms with van der Waals surface area (Å²) < 4.78 is 0. The van der Waals surface area contributed by atoms with Gasteiger partial charge >= 0.3 is 0 Å². The molecule has 88 valence electrons. The van der Waals surface area contributed by atoms with E-state index in [9.17, 15) is 4.79 Å². The van der Waals surface area contributed by atoms with Gasteiger partial charge in [0.1, 0.15) is 0 Å². The molecule has 0 aromatic heterocycles. The van der Waals surface area contributed by atoms with Gasteiger partial charge in [0.15, 0.2) is 0 Å². The van der Waals surface area contributed by atoms with Crippen molar-refractivity contribution in [3.05, 3.63) is 0 Å².